The van der Waals surface area contributed by atoms with Crippen molar-refractivity contribution in [2.24, 2.45) is 5.92 Å². The van der Waals surface area contributed by atoms with Gasteiger partial charge in [-0.3, -0.25) is 4.90 Å². The lowest BCUT2D eigenvalue weighted by Gasteiger charge is -2.30. The Bertz CT molecular complexity index is 387. The summed E-state index contributed by atoms with van der Waals surface area (Å²) in [6.07, 6.45) is 2.56. The Labute approximate surface area is 115 Å². The monoisotopic (exact) mass is 267 g/mol. The van der Waals surface area contributed by atoms with Gasteiger partial charge >= 0.3 is 0 Å². The van der Waals surface area contributed by atoms with Crippen LogP contribution in [0.15, 0.2) is 12.1 Å². The third-order valence-corrected chi connectivity index (χ3v) is 3.87. The summed E-state index contributed by atoms with van der Waals surface area (Å²) in [5.74, 6) is 1.78. The Kier molecular flexibility index (Phi) is 4.84. The van der Waals surface area contributed by atoms with Gasteiger partial charge in [-0.2, -0.15) is 0 Å². The minimum atomic E-state index is 0.773. The zero-order chi connectivity index (χ0) is 13.0. The molecule has 0 spiro atoms. The summed E-state index contributed by atoms with van der Waals surface area (Å²) in [5.41, 5.74) is 0.990. The van der Waals surface area contributed by atoms with E-state index in [1.54, 1.807) is 0 Å². The molecular formula is C14H22ClN3. The average Bonchev–Trinajstić information content (AvgIpc) is 2.36. The van der Waals surface area contributed by atoms with Crippen molar-refractivity contribution < 1.29 is 0 Å². The minimum absolute atomic E-state index is 0.773. The van der Waals surface area contributed by atoms with Gasteiger partial charge in [-0.25, -0.2) is 4.98 Å². The van der Waals surface area contributed by atoms with Crippen LogP contribution in [0.2, 0.25) is 5.02 Å². The SMILES string of the molecule is CCNc1ccc(Cl)c(CN2CCC(C)CC2)n1. The molecule has 3 nitrogen and oxygen atoms in total. The summed E-state index contributed by atoms with van der Waals surface area (Å²) in [6, 6.07) is 3.88. The molecule has 1 aromatic heterocycles. The maximum atomic E-state index is 6.23. The van der Waals surface area contributed by atoms with E-state index in [0.29, 0.717) is 0 Å². The van der Waals surface area contributed by atoms with E-state index in [1.807, 2.05) is 12.1 Å². The number of likely N-dealkylation sites (tertiary alicyclic amines) is 1. The lowest BCUT2D eigenvalue weighted by Crippen LogP contribution is -2.32. The van der Waals surface area contributed by atoms with Crippen molar-refractivity contribution in [3.05, 3.63) is 22.8 Å². The number of nitrogens with zero attached hydrogens (tertiary/aromatic N) is 2. The van der Waals surface area contributed by atoms with Crippen molar-refractivity contribution in [1.82, 2.24) is 9.88 Å². The molecule has 0 amide bonds. The molecule has 0 atom stereocenters. The molecule has 1 aliphatic rings. The van der Waals surface area contributed by atoms with Crippen LogP contribution in [0.4, 0.5) is 5.82 Å². The van der Waals surface area contributed by atoms with Crippen molar-refractivity contribution in [1.29, 1.82) is 0 Å². The van der Waals surface area contributed by atoms with Crippen molar-refractivity contribution in [2.45, 2.75) is 33.2 Å². The molecule has 2 heterocycles. The number of hydrogen-bond acceptors (Lipinski definition) is 3. The Hall–Kier alpha value is -0.800. The number of hydrogen-bond donors (Lipinski definition) is 1. The molecule has 0 aliphatic carbocycles. The fourth-order valence-electron chi connectivity index (χ4n) is 2.31. The molecule has 1 fully saturated rings. The van der Waals surface area contributed by atoms with Gasteiger partial charge in [0.1, 0.15) is 5.82 Å². The fourth-order valence-corrected chi connectivity index (χ4v) is 2.47. The lowest BCUT2D eigenvalue weighted by molar-refractivity contribution is 0.183. The number of rotatable bonds is 4. The van der Waals surface area contributed by atoms with Crippen LogP contribution < -0.4 is 5.32 Å². The van der Waals surface area contributed by atoms with E-state index >= 15 is 0 Å². The maximum Gasteiger partial charge on any atom is 0.126 e. The van der Waals surface area contributed by atoms with Gasteiger partial charge in [0.05, 0.1) is 10.7 Å². The van der Waals surface area contributed by atoms with Crippen molar-refractivity contribution >= 4 is 17.4 Å². The Morgan fingerprint density at radius 1 is 1.39 bits per heavy atom. The zero-order valence-corrected chi connectivity index (χ0v) is 12.0. The molecule has 0 saturated carbocycles. The third kappa shape index (κ3) is 3.59. The number of aromatic nitrogens is 1. The summed E-state index contributed by atoms with van der Waals surface area (Å²) in [4.78, 5) is 7.04. The van der Waals surface area contributed by atoms with E-state index in [-0.39, 0.29) is 0 Å². The second kappa shape index (κ2) is 6.39. The predicted molar refractivity (Wildman–Crippen MR) is 77.1 cm³/mol. The third-order valence-electron chi connectivity index (χ3n) is 3.53. The molecule has 4 heteroatoms. The van der Waals surface area contributed by atoms with Gasteiger partial charge in [-0.15, -0.1) is 0 Å². The quantitative estimate of drug-likeness (QED) is 0.906. The zero-order valence-electron chi connectivity index (χ0n) is 11.2. The first-order valence-corrected chi connectivity index (χ1v) is 7.18. The molecule has 0 bridgehead atoms. The van der Waals surface area contributed by atoms with Gasteiger partial charge in [0.25, 0.3) is 0 Å². The molecule has 0 unspecified atom stereocenters. The number of anilines is 1. The van der Waals surface area contributed by atoms with Gasteiger partial charge in [0.15, 0.2) is 0 Å². The van der Waals surface area contributed by atoms with Crippen LogP contribution in [0.3, 0.4) is 0 Å². The highest BCUT2D eigenvalue weighted by molar-refractivity contribution is 6.31. The largest absolute Gasteiger partial charge is 0.370 e. The van der Waals surface area contributed by atoms with Crippen LogP contribution in [0, 0.1) is 5.92 Å². The minimum Gasteiger partial charge on any atom is -0.370 e. The van der Waals surface area contributed by atoms with Gasteiger partial charge in [-0.05, 0) is 50.9 Å². The summed E-state index contributed by atoms with van der Waals surface area (Å²) in [5, 5.41) is 4.00. The number of halogens is 1. The summed E-state index contributed by atoms with van der Waals surface area (Å²) < 4.78 is 0. The maximum absolute atomic E-state index is 6.23. The van der Waals surface area contributed by atoms with Crippen LogP contribution in [-0.4, -0.2) is 29.5 Å². The van der Waals surface area contributed by atoms with Gasteiger partial charge in [-0.1, -0.05) is 18.5 Å². The summed E-state index contributed by atoms with van der Waals surface area (Å²) in [7, 11) is 0. The lowest BCUT2D eigenvalue weighted by atomic mass is 9.99. The molecule has 1 saturated heterocycles. The molecule has 0 aromatic carbocycles. The fraction of sp³-hybridized carbons (Fsp3) is 0.643. The highest BCUT2D eigenvalue weighted by Gasteiger charge is 2.17. The predicted octanol–water partition coefficient (Wildman–Crippen LogP) is 3.40. The number of pyridine rings is 1. The molecule has 1 N–H and O–H groups in total. The number of nitrogens with one attached hydrogen (secondary N) is 1. The highest BCUT2D eigenvalue weighted by atomic mass is 35.5. The highest BCUT2D eigenvalue weighted by Crippen LogP contribution is 2.22. The van der Waals surface area contributed by atoms with Crippen molar-refractivity contribution in [3.63, 3.8) is 0 Å². The van der Waals surface area contributed by atoms with Crippen LogP contribution in [0.25, 0.3) is 0 Å². The molecule has 0 radical (unpaired) electrons. The molecule has 100 valence electrons. The standard InChI is InChI=1S/C14H22ClN3/c1-3-16-14-5-4-12(15)13(17-14)10-18-8-6-11(2)7-9-18/h4-5,11H,3,6-10H2,1-2H3,(H,16,17). The summed E-state index contributed by atoms with van der Waals surface area (Å²) >= 11 is 6.23. The molecule has 1 aromatic rings. The van der Waals surface area contributed by atoms with E-state index < -0.39 is 0 Å². The Morgan fingerprint density at radius 2 is 2.11 bits per heavy atom. The van der Waals surface area contributed by atoms with Crippen molar-refractivity contribution in [2.75, 3.05) is 25.0 Å². The van der Waals surface area contributed by atoms with Gasteiger partial charge in [0.2, 0.25) is 0 Å². The summed E-state index contributed by atoms with van der Waals surface area (Å²) in [6.45, 7) is 8.46. The van der Waals surface area contributed by atoms with Crippen LogP contribution >= 0.6 is 11.6 Å². The smallest absolute Gasteiger partial charge is 0.126 e. The second-order valence-electron chi connectivity index (χ2n) is 5.11. The molecule has 1 aliphatic heterocycles. The topological polar surface area (TPSA) is 28.2 Å². The Morgan fingerprint density at radius 3 is 2.78 bits per heavy atom. The number of piperidine rings is 1. The average molecular weight is 268 g/mol. The van der Waals surface area contributed by atoms with Crippen LogP contribution in [0.1, 0.15) is 32.4 Å². The van der Waals surface area contributed by atoms with E-state index in [0.717, 1.165) is 48.6 Å². The van der Waals surface area contributed by atoms with Crippen molar-refractivity contribution in [3.8, 4) is 0 Å². The Balaban J connectivity index is 2.01. The first kappa shape index (κ1) is 13.6. The first-order valence-electron chi connectivity index (χ1n) is 6.80. The van der Waals surface area contributed by atoms with Crippen LogP contribution in [-0.2, 0) is 6.54 Å². The van der Waals surface area contributed by atoms with E-state index in [4.69, 9.17) is 11.6 Å². The molecule has 2 rings (SSSR count). The normalized spacial score (nSPS) is 17.9. The van der Waals surface area contributed by atoms with Gasteiger partial charge < -0.3 is 5.32 Å². The first-order chi connectivity index (χ1) is 8.69. The second-order valence-corrected chi connectivity index (χ2v) is 5.52. The van der Waals surface area contributed by atoms with Crippen LogP contribution in [0.5, 0.6) is 0 Å². The van der Waals surface area contributed by atoms with E-state index in [1.165, 1.54) is 12.8 Å². The molecule has 18 heavy (non-hydrogen) atoms. The van der Waals surface area contributed by atoms with Gasteiger partial charge in [0, 0.05) is 13.1 Å². The molecular weight excluding hydrogens is 246 g/mol. The van der Waals surface area contributed by atoms with E-state index in [9.17, 15) is 0 Å². The van der Waals surface area contributed by atoms with E-state index in [2.05, 4.69) is 29.0 Å².